The minimum Gasteiger partial charge on any atom is -0.481 e. The van der Waals surface area contributed by atoms with Crippen LogP contribution in [0.25, 0.3) is 0 Å². The Morgan fingerprint density at radius 3 is 2.67 bits per heavy atom. The average molecular weight is 267 g/mol. The van der Waals surface area contributed by atoms with E-state index in [1.165, 1.54) is 0 Å². The van der Waals surface area contributed by atoms with Crippen LogP contribution >= 0.6 is 0 Å². The molecule has 1 N–H and O–H groups in total. The molecule has 2 saturated heterocycles. The van der Waals surface area contributed by atoms with Crippen molar-refractivity contribution in [3.63, 3.8) is 0 Å². The predicted octanol–water partition coefficient (Wildman–Crippen LogP) is 1.36. The molecule has 18 heavy (non-hydrogen) atoms. The summed E-state index contributed by atoms with van der Waals surface area (Å²) < 4.78 is 43.9. The highest BCUT2D eigenvalue weighted by molar-refractivity contribution is 5.76. The summed E-state index contributed by atoms with van der Waals surface area (Å²) in [5.41, 5.74) is -2.59. The molecule has 2 aliphatic rings. The number of alkyl halides is 3. The van der Waals surface area contributed by atoms with Gasteiger partial charge in [0.15, 0.2) is 5.41 Å². The monoisotopic (exact) mass is 267 g/mol. The van der Waals surface area contributed by atoms with Crippen molar-refractivity contribution in [3.05, 3.63) is 0 Å². The summed E-state index contributed by atoms with van der Waals surface area (Å²) in [6.45, 7) is 1.43. The predicted molar refractivity (Wildman–Crippen MR) is 56.1 cm³/mol. The van der Waals surface area contributed by atoms with E-state index in [1.807, 2.05) is 0 Å². The van der Waals surface area contributed by atoms with Gasteiger partial charge in [0, 0.05) is 19.7 Å². The number of rotatable bonds is 3. The standard InChI is InChI=1S/C11H16F3NO3/c12-11(13,14)10(9(16)17)2-3-15(7-10)5-8-1-4-18-6-8/h8H,1-7H2,(H,16,17). The Bertz CT molecular complexity index is 328. The van der Waals surface area contributed by atoms with Gasteiger partial charge in [-0.05, 0) is 25.3 Å². The molecule has 0 saturated carbocycles. The van der Waals surface area contributed by atoms with Crippen LogP contribution < -0.4 is 0 Å². The molecule has 104 valence electrons. The normalized spacial score (nSPS) is 34.1. The zero-order chi connectivity index (χ0) is 13.4. The van der Waals surface area contributed by atoms with E-state index < -0.39 is 24.1 Å². The molecular weight excluding hydrogens is 251 g/mol. The van der Waals surface area contributed by atoms with Crippen LogP contribution in [0.4, 0.5) is 13.2 Å². The van der Waals surface area contributed by atoms with E-state index in [4.69, 9.17) is 9.84 Å². The molecule has 2 rings (SSSR count). The summed E-state index contributed by atoms with van der Waals surface area (Å²) in [5, 5.41) is 8.91. The summed E-state index contributed by atoms with van der Waals surface area (Å²) in [5.74, 6) is -1.54. The van der Waals surface area contributed by atoms with E-state index in [2.05, 4.69) is 0 Å². The maximum atomic E-state index is 12.9. The van der Waals surface area contributed by atoms with E-state index in [1.54, 1.807) is 4.90 Å². The number of hydrogen-bond acceptors (Lipinski definition) is 3. The van der Waals surface area contributed by atoms with Crippen LogP contribution in [0.15, 0.2) is 0 Å². The molecule has 0 amide bonds. The molecule has 2 unspecified atom stereocenters. The zero-order valence-corrected chi connectivity index (χ0v) is 9.87. The van der Waals surface area contributed by atoms with E-state index in [-0.39, 0.29) is 18.9 Å². The van der Waals surface area contributed by atoms with E-state index in [0.717, 1.165) is 6.42 Å². The third-order valence-corrected chi connectivity index (χ3v) is 3.84. The number of likely N-dealkylation sites (tertiary alicyclic amines) is 1. The molecule has 2 fully saturated rings. The number of ether oxygens (including phenoxy) is 1. The largest absolute Gasteiger partial charge is 0.481 e. The minimum absolute atomic E-state index is 0.183. The lowest BCUT2D eigenvalue weighted by atomic mass is 9.86. The SMILES string of the molecule is O=C(O)C1(C(F)(F)F)CCN(CC2CCOC2)C1. The molecule has 2 atom stereocenters. The quantitative estimate of drug-likeness (QED) is 0.839. The van der Waals surface area contributed by atoms with Crippen molar-refractivity contribution in [1.82, 2.24) is 4.90 Å². The van der Waals surface area contributed by atoms with Crippen LogP contribution in [0.3, 0.4) is 0 Å². The van der Waals surface area contributed by atoms with Crippen molar-refractivity contribution in [2.75, 3.05) is 32.8 Å². The summed E-state index contributed by atoms with van der Waals surface area (Å²) in [6.07, 6.45) is -4.22. The lowest BCUT2D eigenvalue weighted by Gasteiger charge is -2.28. The number of carboxylic acid groups (broad SMARTS) is 1. The molecule has 4 nitrogen and oxygen atoms in total. The van der Waals surface area contributed by atoms with Crippen LogP contribution in [0.5, 0.6) is 0 Å². The van der Waals surface area contributed by atoms with Crippen LogP contribution in [-0.2, 0) is 9.53 Å². The second-order valence-corrected chi connectivity index (χ2v) is 5.10. The first-order valence-electron chi connectivity index (χ1n) is 5.95. The minimum atomic E-state index is -4.69. The Morgan fingerprint density at radius 1 is 1.50 bits per heavy atom. The second-order valence-electron chi connectivity index (χ2n) is 5.10. The van der Waals surface area contributed by atoms with Gasteiger partial charge >= 0.3 is 12.1 Å². The van der Waals surface area contributed by atoms with Crippen molar-refractivity contribution in [3.8, 4) is 0 Å². The van der Waals surface area contributed by atoms with Gasteiger partial charge in [0.05, 0.1) is 6.61 Å². The smallest absolute Gasteiger partial charge is 0.406 e. The first-order chi connectivity index (χ1) is 8.35. The molecule has 2 aliphatic heterocycles. The Labute approximate surface area is 103 Å². The maximum Gasteiger partial charge on any atom is 0.406 e. The summed E-state index contributed by atoms with van der Waals surface area (Å²) in [6, 6.07) is 0. The number of carbonyl (C=O) groups is 1. The fraction of sp³-hybridized carbons (Fsp3) is 0.909. The van der Waals surface area contributed by atoms with Gasteiger partial charge < -0.3 is 14.7 Å². The topological polar surface area (TPSA) is 49.8 Å². The van der Waals surface area contributed by atoms with Crippen LogP contribution in [0.1, 0.15) is 12.8 Å². The highest BCUT2D eigenvalue weighted by atomic mass is 19.4. The molecule has 0 aromatic rings. The van der Waals surface area contributed by atoms with E-state index in [9.17, 15) is 18.0 Å². The fourth-order valence-electron chi connectivity index (χ4n) is 2.66. The van der Waals surface area contributed by atoms with Crippen molar-refractivity contribution in [2.24, 2.45) is 11.3 Å². The molecule has 0 bridgehead atoms. The Morgan fingerprint density at radius 2 is 2.22 bits per heavy atom. The van der Waals surface area contributed by atoms with E-state index in [0.29, 0.717) is 19.8 Å². The van der Waals surface area contributed by atoms with Gasteiger partial charge in [-0.2, -0.15) is 13.2 Å². The van der Waals surface area contributed by atoms with Crippen molar-refractivity contribution >= 4 is 5.97 Å². The average Bonchev–Trinajstić information content (AvgIpc) is 2.86. The number of halogens is 3. The third-order valence-electron chi connectivity index (χ3n) is 3.84. The van der Waals surface area contributed by atoms with E-state index >= 15 is 0 Å². The van der Waals surface area contributed by atoms with Crippen LogP contribution in [0, 0.1) is 11.3 Å². The van der Waals surface area contributed by atoms with Gasteiger partial charge in [0.2, 0.25) is 0 Å². The number of hydrogen-bond donors (Lipinski definition) is 1. The first kappa shape index (κ1) is 13.6. The number of aliphatic carboxylic acids is 1. The van der Waals surface area contributed by atoms with Crippen LogP contribution in [0.2, 0.25) is 0 Å². The Hall–Kier alpha value is -0.820. The Kier molecular flexibility index (Phi) is 3.55. The molecule has 2 heterocycles. The lowest BCUT2D eigenvalue weighted by molar-refractivity contribution is -0.227. The van der Waals surface area contributed by atoms with Gasteiger partial charge in [0.25, 0.3) is 0 Å². The van der Waals surface area contributed by atoms with Crippen molar-refractivity contribution in [2.45, 2.75) is 19.0 Å². The maximum absolute atomic E-state index is 12.9. The summed E-state index contributed by atoms with van der Waals surface area (Å²) in [7, 11) is 0. The highest BCUT2D eigenvalue weighted by Gasteiger charge is 2.63. The molecule has 7 heteroatoms. The lowest BCUT2D eigenvalue weighted by Crippen LogP contribution is -2.47. The molecule has 0 radical (unpaired) electrons. The second kappa shape index (κ2) is 4.70. The molecule has 0 spiro atoms. The molecule has 0 aromatic heterocycles. The van der Waals surface area contributed by atoms with Gasteiger partial charge in [-0.1, -0.05) is 0 Å². The van der Waals surface area contributed by atoms with Crippen LogP contribution in [-0.4, -0.2) is 55.0 Å². The van der Waals surface area contributed by atoms with Crippen molar-refractivity contribution in [1.29, 1.82) is 0 Å². The fourth-order valence-corrected chi connectivity index (χ4v) is 2.66. The highest BCUT2D eigenvalue weighted by Crippen LogP contribution is 2.45. The number of nitrogens with zero attached hydrogens (tertiary/aromatic N) is 1. The van der Waals surface area contributed by atoms with Gasteiger partial charge in [-0.15, -0.1) is 0 Å². The third kappa shape index (κ3) is 2.33. The van der Waals surface area contributed by atoms with Gasteiger partial charge in [-0.25, -0.2) is 0 Å². The van der Waals surface area contributed by atoms with Crippen molar-refractivity contribution < 1.29 is 27.8 Å². The first-order valence-corrected chi connectivity index (χ1v) is 5.95. The van der Waals surface area contributed by atoms with Gasteiger partial charge in [-0.3, -0.25) is 4.79 Å². The Balaban J connectivity index is 2.02. The summed E-state index contributed by atoms with van der Waals surface area (Å²) in [4.78, 5) is 12.6. The molecule has 0 aliphatic carbocycles. The number of carboxylic acids is 1. The molecule has 0 aromatic carbocycles. The van der Waals surface area contributed by atoms with Gasteiger partial charge in [0.1, 0.15) is 0 Å². The molecular formula is C11H16F3NO3. The zero-order valence-electron chi connectivity index (χ0n) is 9.87. The summed E-state index contributed by atoms with van der Waals surface area (Å²) >= 11 is 0.